The van der Waals surface area contributed by atoms with Gasteiger partial charge in [-0.15, -0.1) is 5.12 Å². The number of carbonyl (C=O) groups is 1. The molecule has 0 bridgehead atoms. The lowest BCUT2D eigenvalue weighted by Gasteiger charge is -2.19. The average Bonchev–Trinajstić information content (AvgIpc) is 2.75. The standard InChI is InChI=1S/C7H7N5O2/c13-7(14)12(10-3-1-8-5-10)11-4-2-9-6-11/h1-6H,(H,13,14). The summed E-state index contributed by atoms with van der Waals surface area (Å²) in [5.74, 6) is 0. The van der Waals surface area contributed by atoms with Crippen LogP contribution in [0.1, 0.15) is 0 Å². The van der Waals surface area contributed by atoms with E-state index in [1.54, 1.807) is 0 Å². The van der Waals surface area contributed by atoms with Crippen LogP contribution >= 0.6 is 0 Å². The normalized spacial score (nSPS) is 10.0. The Morgan fingerprint density at radius 1 is 1.14 bits per heavy atom. The molecule has 7 heteroatoms. The van der Waals surface area contributed by atoms with Gasteiger partial charge in [-0.05, 0) is 0 Å². The molecule has 7 nitrogen and oxygen atoms in total. The van der Waals surface area contributed by atoms with Gasteiger partial charge >= 0.3 is 6.09 Å². The molecule has 0 radical (unpaired) electrons. The Labute approximate surface area is 78.8 Å². The first-order valence-electron chi connectivity index (χ1n) is 3.78. The van der Waals surface area contributed by atoms with Crippen LogP contribution in [0, 0.1) is 0 Å². The topological polar surface area (TPSA) is 76.2 Å². The van der Waals surface area contributed by atoms with Crippen molar-refractivity contribution >= 4 is 6.09 Å². The number of amides is 1. The Hall–Kier alpha value is -2.31. The highest BCUT2D eigenvalue weighted by Crippen LogP contribution is 1.95. The molecule has 2 rings (SSSR count). The maximum atomic E-state index is 10.9. The minimum absolute atomic E-state index is 0.958. The van der Waals surface area contributed by atoms with E-state index in [1.807, 2.05) is 0 Å². The quantitative estimate of drug-likeness (QED) is 0.737. The highest BCUT2D eigenvalue weighted by molar-refractivity contribution is 5.75. The number of aromatic nitrogens is 4. The van der Waals surface area contributed by atoms with E-state index >= 15 is 0 Å². The molecule has 2 aromatic rings. The zero-order valence-electron chi connectivity index (χ0n) is 7.06. The van der Waals surface area contributed by atoms with Gasteiger partial charge in [-0.2, -0.15) is 0 Å². The third-order valence-electron chi connectivity index (χ3n) is 1.59. The van der Waals surface area contributed by atoms with Crippen LogP contribution in [0.5, 0.6) is 0 Å². The van der Waals surface area contributed by atoms with Gasteiger partial charge < -0.3 is 5.11 Å². The van der Waals surface area contributed by atoms with Gasteiger partial charge in [-0.1, -0.05) is 0 Å². The summed E-state index contributed by atoms with van der Waals surface area (Å²) >= 11 is 0. The maximum absolute atomic E-state index is 10.9. The van der Waals surface area contributed by atoms with Crippen molar-refractivity contribution < 1.29 is 9.90 Å². The Morgan fingerprint density at radius 3 is 1.93 bits per heavy atom. The molecule has 0 fully saturated rings. The molecule has 2 aromatic heterocycles. The van der Waals surface area contributed by atoms with Gasteiger partial charge in [0.2, 0.25) is 0 Å². The molecule has 72 valence electrons. The number of carboxylic acid groups (broad SMARTS) is 1. The van der Waals surface area contributed by atoms with Crippen molar-refractivity contribution in [3.8, 4) is 0 Å². The fourth-order valence-corrected chi connectivity index (χ4v) is 1.05. The highest BCUT2D eigenvalue weighted by Gasteiger charge is 2.14. The molecule has 0 aliphatic heterocycles. The monoisotopic (exact) mass is 193 g/mol. The minimum atomic E-state index is -1.12. The van der Waals surface area contributed by atoms with Crippen molar-refractivity contribution in [1.82, 2.24) is 19.3 Å². The van der Waals surface area contributed by atoms with Crippen molar-refractivity contribution in [3.05, 3.63) is 37.4 Å². The van der Waals surface area contributed by atoms with Gasteiger partial charge in [0.15, 0.2) is 0 Å². The molecule has 0 atom stereocenters. The molecule has 14 heavy (non-hydrogen) atoms. The summed E-state index contributed by atoms with van der Waals surface area (Å²) in [4.78, 5) is 18.4. The molecule has 0 aliphatic carbocycles. The van der Waals surface area contributed by atoms with E-state index < -0.39 is 6.09 Å². The molecule has 0 saturated heterocycles. The molecule has 0 aliphatic rings. The van der Waals surface area contributed by atoms with E-state index in [9.17, 15) is 4.79 Å². The number of rotatable bonds is 2. The molecule has 0 unspecified atom stereocenters. The van der Waals surface area contributed by atoms with E-state index in [0.717, 1.165) is 5.12 Å². The van der Waals surface area contributed by atoms with Crippen LogP contribution in [-0.2, 0) is 0 Å². The van der Waals surface area contributed by atoms with Crippen molar-refractivity contribution in [2.45, 2.75) is 0 Å². The second kappa shape index (κ2) is 3.21. The van der Waals surface area contributed by atoms with E-state index in [1.165, 1.54) is 46.8 Å². The summed E-state index contributed by atoms with van der Waals surface area (Å²) in [6, 6.07) is 0. The first-order chi connectivity index (χ1) is 6.79. The third kappa shape index (κ3) is 1.30. The first-order valence-corrected chi connectivity index (χ1v) is 3.78. The first kappa shape index (κ1) is 8.30. The molecule has 0 spiro atoms. The van der Waals surface area contributed by atoms with Gasteiger partial charge in [0, 0.05) is 24.8 Å². The molecule has 2 heterocycles. The fourth-order valence-electron chi connectivity index (χ4n) is 1.05. The lowest BCUT2D eigenvalue weighted by atomic mass is 10.9. The second-order valence-electron chi connectivity index (χ2n) is 2.46. The summed E-state index contributed by atoms with van der Waals surface area (Å²) in [7, 11) is 0. The largest absolute Gasteiger partial charge is 0.462 e. The number of nitrogens with zero attached hydrogens (tertiary/aromatic N) is 5. The summed E-state index contributed by atoms with van der Waals surface area (Å²) < 4.78 is 2.65. The average molecular weight is 193 g/mol. The zero-order valence-corrected chi connectivity index (χ0v) is 7.06. The van der Waals surface area contributed by atoms with Crippen LogP contribution in [-0.4, -0.2) is 30.5 Å². The predicted molar refractivity (Wildman–Crippen MR) is 46.1 cm³/mol. The van der Waals surface area contributed by atoms with Gasteiger partial charge in [-0.25, -0.2) is 24.1 Å². The van der Waals surface area contributed by atoms with Gasteiger partial charge in [0.1, 0.15) is 12.7 Å². The van der Waals surface area contributed by atoms with Gasteiger partial charge in [0.25, 0.3) is 0 Å². The van der Waals surface area contributed by atoms with Gasteiger partial charge in [0.05, 0.1) is 0 Å². The molecular weight excluding hydrogens is 186 g/mol. The Balaban J connectivity index is 2.40. The lowest BCUT2D eigenvalue weighted by molar-refractivity contribution is 0.190. The molecule has 0 aromatic carbocycles. The van der Waals surface area contributed by atoms with Crippen molar-refractivity contribution in [2.24, 2.45) is 0 Å². The smallest absolute Gasteiger partial charge is 0.447 e. The molecule has 1 amide bonds. The van der Waals surface area contributed by atoms with Crippen molar-refractivity contribution in [1.29, 1.82) is 0 Å². The minimum Gasteiger partial charge on any atom is -0.462 e. The Kier molecular flexibility index (Phi) is 1.90. The maximum Gasteiger partial charge on any atom is 0.447 e. The van der Waals surface area contributed by atoms with E-state index in [0.29, 0.717) is 0 Å². The highest BCUT2D eigenvalue weighted by atomic mass is 16.4. The van der Waals surface area contributed by atoms with E-state index in [2.05, 4.69) is 9.97 Å². The SMILES string of the molecule is O=C(O)N(n1ccnc1)n1ccnc1. The van der Waals surface area contributed by atoms with Crippen LogP contribution in [0.15, 0.2) is 37.4 Å². The fraction of sp³-hybridized carbons (Fsp3) is 0. The molecule has 1 N–H and O–H groups in total. The van der Waals surface area contributed by atoms with Crippen LogP contribution in [0.3, 0.4) is 0 Å². The Bertz CT molecular complexity index is 373. The number of hydrogen-bond donors (Lipinski definition) is 1. The van der Waals surface area contributed by atoms with E-state index in [4.69, 9.17) is 5.11 Å². The summed E-state index contributed by atoms with van der Waals surface area (Å²) in [5, 5.41) is 9.90. The number of imidazole rings is 2. The van der Waals surface area contributed by atoms with E-state index in [-0.39, 0.29) is 0 Å². The van der Waals surface area contributed by atoms with Crippen LogP contribution < -0.4 is 5.12 Å². The summed E-state index contributed by atoms with van der Waals surface area (Å²) in [6.45, 7) is 0. The lowest BCUT2D eigenvalue weighted by Crippen LogP contribution is -2.42. The van der Waals surface area contributed by atoms with Crippen molar-refractivity contribution in [2.75, 3.05) is 5.12 Å². The number of hydrogen-bond acceptors (Lipinski definition) is 3. The summed E-state index contributed by atoms with van der Waals surface area (Å²) in [5.41, 5.74) is 0. The zero-order chi connectivity index (χ0) is 9.97. The predicted octanol–water partition coefficient (Wildman–Crippen LogP) is 0.159. The van der Waals surface area contributed by atoms with Crippen molar-refractivity contribution in [3.63, 3.8) is 0 Å². The summed E-state index contributed by atoms with van der Waals surface area (Å²) in [6.07, 6.45) is 7.67. The third-order valence-corrected chi connectivity index (χ3v) is 1.59. The van der Waals surface area contributed by atoms with Crippen LogP contribution in [0.25, 0.3) is 0 Å². The Morgan fingerprint density at radius 2 is 1.64 bits per heavy atom. The molecular formula is C7H7N5O2. The second-order valence-corrected chi connectivity index (χ2v) is 2.46. The van der Waals surface area contributed by atoms with Gasteiger partial charge in [-0.3, -0.25) is 0 Å². The van der Waals surface area contributed by atoms with Crippen LogP contribution in [0.4, 0.5) is 4.79 Å². The van der Waals surface area contributed by atoms with Crippen LogP contribution in [0.2, 0.25) is 0 Å². The molecule has 0 saturated carbocycles.